The highest BCUT2D eigenvalue weighted by Crippen LogP contribution is 2.35. The van der Waals surface area contributed by atoms with Gasteiger partial charge >= 0.3 is 0 Å². The number of pyridine rings is 1. The molecule has 1 aliphatic rings. The van der Waals surface area contributed by atoms with E-state index in [1.807, 2.05) is 18.5 Å². The Bertz CT molecular complexity index is 612. The van der Waals surface area contributed by atoms with Gasteiger partial charge in [-0.25, -0.2) is 4.39 Å². The first-order valence-electron chi connectivity index (χ1n) is 7.03. The Kier molecular flexibility index (Phi) is 3.54. The van der Waals surface area contributed by atoms with Crippen LogP contribution in [0.4, 0.5) is 21.5 Å². The number of hydrogen-bond acceptors (Lipinski definition) is 3. The lowest BCUT2D eigenvalue weighted by Crippen LogP contribution is -2.14. The molecule has 1 N–H and O–H groups in total. The minimum atomic E-state index is -0.191. The van der Waals surface area contributed by atoms with E-state index >= 15 is 0 Å². The maximum Gasteiger partial charge on any atom is 0.125 e. The largest absolute Gasteiger partial charge is 0.384 e. The molecule has 0 atom stereocenters. The predicted molar refractivity (Wildman–Crippen MR) is 80.1 cm³/mol. The topological polar surface area (TPSA) is 28.2 Å². The third-order valence-corrected chi connectivity index (χ3v) is 3.56. The van der Waals surface area contributed by atoms with Gasteiger partial charge in [0.2, 0.25) is 0 Å². The van der Waals surface area contributed by atoms with Gasteiger partial charge in [-0.15, -0.1) is 0 Å². The van der Waals surface area contributed by atoms with E-state index < -0.39 is 0 Å². The lowest BCUT2D eigenvalue weighted by atomic mass is 10.1. The number of fused-ring (bicyclic) bond motifs is 1. The van der Waals surface area contributed by atoms with Gasteiger partial charge in [0, 0.05) is 18.8 Å². The van der Waals surface area contributed by atoms with Crippen molar-refractivity contribution in [3.63, 3.8) is 0 Å². The summed E-state index contributed by atoms with van der Waals surface area (Å²) in [6, 6.07) is 7.08. The molecule has 1 aliphatic heterocycles. The van der Waals surface area contributed by atoms with Crippen molar-refractivity contribution in [1.82, 2.24) is 4.98 Å². The van der Waals surface area contributed by atoms with Crippen molar-refractivity contribution in [2.24, 2.45) is 0 Å². The van der Waals surface area contributed by atoms with Crippen molar-refractivity contribution in [2.75, 3.05) is 23.3 Å². The summed E-state index contributed by atoms with van der Waals surface area (Å²) in [4.78, 5) is 6.41. The van der Waals surface area contributed by atoms with Gasteiger partial charge in [0.15, 0.2) is 0 Å². The molecule has 0 amide bonds. The van der Waals surface area contributed by atoms with Crippen molar-refractivity contribution in [1.29, 1.82) is 0 Å². The second kappa shape index (κ2) is 5.49. The average Bonchev–Trinajstić information content (AvgIpc) is 2.88. The molecule has 0 saturated heterocycles. The number of anilines is 3. The van der Waals surface area contributed by atoms with Crippen molar-refractivity contribution in [2.45, 2.75) is 19.8 Å². The van der Waals surface area contributed by atoms with Crippen molar-refractivity contribution in [3.8, 4) is 0 Å². The van der Waals surface area contributed by atoms with E-state index in [0.717, 1.165) is 43.0 Å². The summed E-state index contributed by atoms with van der Waals surface area (Å²) in [5.74, 6) is -0.191. The molecule has 3 nitrogen and oxygen atoms in total. The van der Waals surface area contributed by atoms with Crippen LogP contribution >= 0.6 is 0 Å². The second-order valence-corrected chi connectivity index (χ2v) is 5.03. The van der Waals surface area contributed by atoms with Crippen LogP contribution in [0.2, 0.25) is 0 Å². The van der Waals surface area contributed by atoms with Crippen LogP contribution in [0, 0.1) is 5.82 Å². The molecule has 0 radical (unpaired) electrons. The maximum absolute atomic E-state index is 13.4. The summed E-state index contributed by atoms with van der Waals surface area (Å²) in [5, 5.41) is 3.33. The smallest absolute Gasteiger partial charge is 0.125 e. The zero-order valence-corrected chi connectivity index (χ0v) is 11.6. The Morgan fingerprint density at radius 3 is 3.05 bits per heavy atom. The molecule has 4 heteroatoms. The summed E-state index contributed by atoms with van der Waals surface area (Å²) >= 11 is 0. The molecule has 0 unspecified atom stereocenters. The zero-order valence-electron chi connectivity index (χ0n) is 11.6. The van der Waals surface area contributed by atoms with Crippen LogP contribution in [-0.4, -0.2) is 18.1 Å². The Hall–Kier alpha value is -2.10. The van der Waals surface area contributed by atoms with E-state index in [1.54, 1.807) is 6.07 Å². The molecule has 3 rings (SSSR count). The van der Waals surface area contributed by atoms with Gasteiger partial charge < -0.3 is 10.2 Å². The molecule has 0 bridgehead atoms. The van der Waals surface area contributed by atoms with Crippen LogP contribution in [-0.2, 0) is 6.42 Å². The maximum atomic E-state index is 13.4. The lowest BCUT2D eigenvalue weighted by Gasteiger charge is -2.20. The molecule has 0 spiro atoms. The van der Waals surface area contributed by atoms with E-state index in [2.05, 4.69) is 28.2 Å². The van der Waals surface area contributed by atoms with Crippen molar-refractivity contribution in [3.05, 3.63) is 48.0 Å². The monoisotopic (exact) mass is 271 g/mol. The number of benzene rings is 1. The summed E-state index contributed by atoms with van der Waals surface area (Å²) < 4.78 is 13.4. The first kappa shape index (κ1) is 12.9. The fourth-order valence-corrected chi connectivity index (χ4v) is 2.56. The summed E-state index contributed by atoms with van der Waals surface area (Å²) in [6.07, 6.45) is 5.67. The van der Waals surface area contributed by atoms with Crippen LogP contribution in [0.3, 0.4) is 0 Å². The Balaban J connectivity index is 1.90. The molecule has 2 heterocycles. The van der Waals surface area contributed by atoms with Crippen LogP contribution in [0.25, 0.3) is 0 Å². The molecule has 2 aromatic rings. The highest BCUT2D eigenvalue weighted by Gasteiger charge is 2.21. The van der Waals surface area contributed by atoms with E-state index in [0.29, 0.717) is 0 Å². The summed E-state index contributed by atoms with van der Waals surface area (Å²) in [6.45, 7) is 3.93. The van der Waals surface area contributed by atoms with E-state index in [4.69, 9.17) is 0 Å². The molecule has 20 heavy (non-hydrogen) atoms. The SMILES string of the molecule is CCCNc1cncc(N2CCc3ccc(F)cc32)c1. The standard InChI is InChI=1S/C16H18FN3/c1-2-6-19-14-9-15(11-18-10-14)20-7-5-12-3-4-13(17)8-16(12)20/h3-4,8-11,19H,2,5-7H2,1H3. The van der Waals surface area contributed by atoms with E-state index in [-0.39, 0.29) is 5.82 Å². The van der Waals surface area contributed by atoms with Gasteiger partial charge in [0.1, 0.15) is 5.82 Å². The Morgan fingerprint density at radius 1 is 1.30 bits per heavy atom. The number of nitrogens with zero attached hydrogens (tertiary/aromatic N) is 2. The van der Waals surface area contributed by atoms with Gasteiger partial charge in [-0.2, -0.15) is 0 Å². The fourth-order valence-electron chi connectivity index (χ4n) is 2.56. The lowest BCUT2D eigenvalue weighted by molar-refractivity contribution is 0.628. The number of hydrogen-bond donors (Lipinski definition) is 1. The number of rotatable bonds is 4. The number of aromatic nitrogens is 1. The molecule has 1 aromatic carbocycles. The first-order chi connectivity index (χ1) is 9.78. The van der Waals surface area contributed by atoms with Gasteiger partial charge in [-0.05, 0) is 36.6 Å². The quantitative estimate of drug-likeness (QED) is 0.918. The highest BCUT2D eigenvalue weighted by molar-refractivity contribution is 5.71. The molecular weight excluding hydrogens is 253 g/mol. The molecule has 0 fully saturated rings. The van der Waals surface area contributed by atoms with Gasteiger partial charge in [0.05, 0.1) is 23.8 Å². The second-order valence-electron chi connectivity index (χ2n) is 5.03. The Labute approximate surface area is 118 Å². The minimum absolute atomic E-state index is 0.191. The van der Waals surface area contributed by atoms with Crippen LogP contribution in [0.15, 0.2) is 36.7 Å². The third kappa shape index (κ3) is 2.46. The van der Waals surface area contributed by atoms with Gasteiger partial charge in [0.25, 0.3) is 0 Å². The minimum Gasteiger partial charge on any atom is -0.384 e. The summed E-state index contributed by atoms with van der Waals surface area (Å²) in [5.41, 5.74) is 4.17. The van der Waals surface area contributed by atoms with E-state index in [9.17, 15) is 4.39 Å². The van der Waals surface area contributed by atoms with Crippen LogP contribution in [0.1, 0.15) is 18.9 Å². The molecular formula is C16H18FN3. The van der Waals surface area contributed by atoms with Crippen molar-refractivity contribution >= 4 is 17.1 Å². The first-order valence-corrected chi connectivity index (χ1v) is 7.03. The average molecular weight is 271 g/mol. The van der Waals surface area contributed by atoms with Crippen LogP contribution in [0.5, 0.6) is 0 Å². The third-order valence-electron chi connectivity index (χ3n) is 3.56. The van der Waals surface area contributed by atoms with Gasteiger partial charge in [-0.3, -0.25) is 4.98 Å². The number of halogens is 1. The Morgan fingerprint density at radius 2 is 2.20 bits per heavy atom. The molecule has 0 aliphatic carbocycles. The molecule has 1 aromatic heterocycles. The predicted octanol–water partition coefficient (Wildman–Crippen LogP) is 3.74. The van der Waals surface area contributed by atoms with E-state index in [1.165, 1.54) is 11.6 Å². The fraction of sp³-hybridized carbons (Fsp3) is 0.312. The highest BCUT2D eigenvalue weighted by atomic mass is 19.1. The molecule has 0 saturated carbocycles. The normalized spacial score (nSPS) is 13.4. The van der Waals surface area contributed by atoms with Gasteiger partial charge in [-0.1, -0.05) is 13.0 Å². The molecule has 104 valence electrons. The zero-order chi connectivity index (χ0) is 13.9. The number of nitrogens with one attached hydrogen (secondary N) is 1. The van der Waals surface area contributed by atoms with Crippen LogP contribution < -0.4 is 10.2 Å². The van der Waals surface area contributed by atoms with Crippen molar-refractivity contribution < 1.29 is 4.39 Å². The summed E-state index contributed by atoms with van der Waals surface area (Å²) in [7, 11) is 0.